The van der Waals surface area contributed by atoms with E-state index in [9.17, 15) is 18.0 Å². The summed E-state index contributed by atoms with van der Waals surface area (Å²) < 4.78 is 37.4. The van der Waals surface area contributed by atoms with Crippen LogP contribution < -0.4 is 0 Å². The van der Waals surface area contributed by atoms with Gasteiger partial charge in [-0.3, -0.25) is 4.79 Å². The zero-order valence-electron chi connectivity index (χ0n) is 9.85. The molecule has 0 fully saturated rings. The minimum Gasteiger partial charge on any atom is -0.481 e. The van der Waals surface area contributed by atoms with Crippen molar-refractivity contribution in [3.05, 3.63) is 5.82 Å². The summed E-state index contributed by atoms with van der Waals surface area (Å²) in [6.45, 7) is 2.99. The quantitative estimate of drug-likeness (QED) is 0.872. The molecule has 0 aromatic carbocycles. The van der Waals surface area contributed by atoms with Gasteiger partial charge in [0.05, 0.1) is 18.4 Å². The second-order valence-electron chi connectivity index (χ2n) is 4.02. The molecular weight excluding hydrogens is 253 g/mol. The van der Waals surface area contributed by atoms with Gasteiger partial charge in [-0.15, -0.1) is 5.10 Å². The number of tetrazole rings is 1. The van der Waals surface area contributed by atoms with Gasteiger partial charge in [0.25, 0.3) is 0 Å². The molecule has 1 aromatic heterocycles. The lowest BCUT2D eigenvalue weighted by Crippen LogP contribution is -2.24. The second kappa shape index (κ2) is 5.32. The number of halogens is 3. The molecule has 9 heteroatoms. The van der Waals surface area contributed by atoms with Crippen LogP contribution in [-0.4, -0.2) is 37.5 Å². The van der Waals surface area contributed by atoms with E-state index in [1.54, 1.807) is 6.92 Å². The highest BCUT2D eigenvalue weighted by molar-refractivity contribution is 5.70. The number of hydrogen-bond acceptors (Lipinski definition) is 4. The summed E-state index contributed by atoms with van der Waals surface area (Å²) in [5.74, 6) is -1.81. The molecule has 1 rings (SSSR count). The average molecular weight is 266 g/mol. The summed E-state index contributed by atoms with van der Waals surface area (Å²) in [5, 5.41) is 19.2. The molecule has 102 valence electrons. The monoisotopic (exact) mass is 266 g/mol. The summed E-state index contributed by atoms with van der Waals surface area (Å²) >= 11 is 0. The van der Waals surface area contributed by atoms with Crippen LogP contribution in [0.15, 0.2) is 0 Å². The molecule has 0 amide bonds. The highest BCUT2D eigenvalue weighted by Gasteiger charge is 2.29. The third-order valence-corrected chi connectivity index (χ3v) is 2.69. The minimum absolute atomic E-state index is 0.0351. The molecule has 1 N–H and O–H groups in total. The maximum atomic E-state index is 12.1. The normalized spacial score (nSPS) is 15.4. The first-order chi connectivity index (χ1) is 8.22. The van der Waals surface area contributed by atoms with E-state index in [-0.39, 0.29) is 12.2 Å². The molecule has 18 heavy (non-hydrogen) atoms. The Morgan fingerprint density at radius 3 is 2.56 bits per heavy atom. The van der Waals surface area contributed by atoms with Crippen molar-refractivity contribution in [1.82, 2.24) is 20.2 Å². The number of aryl methyl sites for hydroxylation is 1. The minimum atomic E-state index is -4.29. The van der Waals surface area contributed by atoms with Crippen LogP contribution in [0, 0.1) is 5.92 Å². The van der Waals surface area contributed by atoms with Gasteiger partial charge in [0.1, 0.15) is 0 Å². The van der Waals surface area contributed by atoms with Gasteiger partial charge in [0.2, 0.25) is 0 Å². The van der Waals surface area contributed by atoms with Crippen molar-refractivity contribution in [3.8, 4) is 0 Å². The van der Waals surface area contributed by atoms with Gasteiger partial charge in [-0.1, -0.05) is 0 Å². The van der Waals surface area contributed by atoms with E-state index in [1.165, 1.54) is 6.92 Å². The molecule has 6 nitrogen and oxygen atoms in total. The third-order valence-electron chi connectivity index (χ3n) is 2.69. The molecule has 0 saturated carbocycles. The van der Waals surface area contributed by atoms with Crippen LogP contribution in [-0.2, 0) is 11.2 Å². The van der Waals surface area contributed by atoms with E-state index in [4.69, 9.17) is 5.11 Å². The van der Waals surface area contributed by atoms with E-state index in [1.807, 2.05) is 0 Å². The number of alkyl halides is 3. The Kier molecular flexibility index (Phi) is 4.25. The molecule has 0 saturated heterocycles. The molecule has 0 aliphatic rings. The first-order valence-electron chi connectivity index (χ1n) is 5.28. The van der Waals surface area contributed by atoms with Crippen LogP contribution in [0.1, 0.15) is 32.1 Å². The van der Waals surface area contributed by atoms with E-state index in [2.05, 4.69) is 15.5 Å². The van der Waals surface area contributed by atoms with Crippen LogP contribution >= 0.6 is 0 Å². The van der Waals surface area contributed by atoms with Crippen LogP contribution in [0.3, 0.4) is 0 Å². The zero-order valence-corrected chi connectivity index (χ0v) is 9.85. The largest absolute Gasteiger partial charge is 0.481 e. The fourth-order valence-electron chi connectivity index (χ4n) is 1.36. The van der Waals surface area contributed by atoms with Gasteiger partial charge in [-0.05, 0) is 24.3 Å². The topological polar surface area (TPSA) is 80.9 Å². The van der Waals surface area contributed by atoms with Crippen molar-refractivity contribution >= 4 is 5.97 Å². The molecule has 2 unspecified atom stereocenters. The number of carbonyl (C=O) groups is 1. The second-order valence-corrected chi connectivity index (χ2v) is 4.02. The molecule has 0 spiro atoms. The van der Waals surface area contributed by atoms with Gasteiger partial charge >= 0.3 is 12.1 Å². The first kappa shape index (κ1) is 14.4. The number of carboxylic acid groups (broad SMARTS) is 1. The van der Waals surface area contributed by atoms with Crippen LogP contribution in [0.2, 0.25) is 0 Å². The van der Waals surface area contributed by atoms with E-state index >= 15 is 0 Å². The van der Waals surface area contributed by atoms with Crippen molar-refractivity contribution in [3.63, 3.8) is 0 Å². The standard InChI is InChI=1S/C9H13F3N4O2/c1-5(8(17)18)6(2)16-7(13-14-15-16)3-4-9(10,11)12/h5-6H,3-4H2,1-2H3,(H,17,18). The Morgan fingerprint density at radius 1 is 1.44 bits per heavy atom. The molecule has 2 atom stereocenters. The Hall–Kier alpha value is -1.67. The zero-order chi connectivity index (χ0) is 13.9. The Bertz CT molecular complexity index is 418. The lowest BCUT2D eigenvalue weighted by atomic mass is 10.0. The van der Waals surface area contributed by atoms with E-state index in [0.29, 0.717) is 0 Å². The van der Waals surface area contributed by atoms with Crippen molar-refractivity contribution in [2.24, 2.45) is 5.92 Å². The summed E-state index contributed by atoms with van der Waals surface area (Å²) in [7, 11) is 0. The predicted octanol–water partition coefficient (Wildman–Crippen LogP) is 1.45. The maximum Gasteiger partial charge on any atom is 0.389 e. The van der Waals surface area contributed by atoms with Gasteiger partial charge in [-0.25, -0.2) is 4.68 Å². The fourth-order valence-corrected chi connectivity index (χ4v) is 1.36. The fraction of sp³-hybridized carbons (Fsp3) is 0.778. The molecule has 0 bridgehead atoms. The highest BCUT2D eigenvalue weighted by atomic mass is 19.4. The summed E-state index contributed by atoms with van der Waals surface area (Å²) in [5.41, 5.74) is 0. The average Bonchev–Trinajstić information content (AvgIpc) is 2.71. The van der Waals surface area contributed by atoms with Crippen molar-refractivity contribution in [2.45, 2.75) is 38.9 Å². The lowest BCUT2D eigenvalue weighted by molar-refractivity contribution is -0.143. The number of carboxylic acids is 1. The van der Waals surface area contributed by atoms with Gasteiger partial charge in [0, 0.05) is 6.42 Å². The molecule has 1 aromatic rings. The number of aromatic nitrogens is 4. The van der Waals surface area contributed by atoms with Crippen molar-refractivity contribution < 1.29 is 23.1 Å². The van der Waals surface area contributed by atoms with E-state index < -0.39 is 30.5 Å². The Morgan fingerprint density at radius 2 is 2.06 bits per heavy atom. The highest BCUT2D eigenvalue weighted by Crippen LogP contribution is 2.23. The van der Waals surface area contributed by atoms with Crippen LogP contribution in [0.25, 0.3) is 0 Å². The summed E-state index contributed by atoms with van der Waals surface area (Å²) in [6, 6.07) is -0.610. The first-order valence-corrected chi connectivity index (χ1v) is 5.28. The summed E-state index contributed by atoms with van der Waals surface area (Å²) in [4.78, 5) is 10.8. The van der Waals surface area contributed by atoms with E-state index in [0.717, 1.165) is 4.68 Å². The third kappa shape index (κ3) is 3.67. The van der Waals surface area contributed by atoms with Gasteiger partial charge in [0.15, 0.2) is 5.82 Å². The SMILES string of the molecule is CC(C(=O)O)C(C)n1nnnc1CCC(F)(F)F. The van der Waals surface area contributed by atoms with Crippen LogP contribution in [0.4, 0.5) is 13.2 Å². The molecule has 0 aliphatic heterocycles. The molecule has 1 heterocycles. The van der Waals surface area contributed by atoms with Crippen LogP contribution in [0.5, 0.6) is 0 Å². The van der Waals surface area contributed by atoms with Gasteiger partial charge < -0.3 is 5.11 Å². The smallest absolute Gasteiger partial charge is 0.389 e. The molecule has 0 radical (unpaired) electrons. The number of aliphatic carboxylic acids is 1. The number of hydrogen-bond donors (Lipinski definition) is 1. The molecule has 0 aliphatic carbocycles. The summed E-state index contributed by atoms with van der Waals surface area (Å²) in [6.07, 6.45) is -5.70. The predicted molar refractivity (Wildman–Crippen MR) is 53.7 cm³/mol. The lowest BCUT2D eigenvalue weighted by Gasteiger charge is -2.17. The van der Waals surface area contributed by atoms with Crippen molar-refractivity contribution in [1.29, 1.82) is 0 Å². The van der Waals surface area contributed by atoms with Gasteiger partial charge in [-0.2, -0.15) is 13.2 Å². The molecular formula is C9H13F3N4O2. The van der Waals surface area contributed by atoms with Crippen molar-refractivity contribution in [2.75, 3.05) is 0 Å². The Labute approximate surface area is 101 Å². The number of rotatable bonds is 5. The maximum absolute atomic E-state index is 12.1. The number of nitrogens with zero attached hydrogens (tertiary/aromatic N) is 4. The Balaban J connectivity index is 2.79.